The van der Waals surface area contributed by atoms with Gasteiger partial charge in [-0.15, -0.1) is 0 Å². The second kappa shape index (κ2) is 18.2. The molecule has 0 spiro atoms. The molecule has 0 aliphatic heterocycles. The molecule has 290 valence electrons. The number of aromatic hydroxyl groups is 2. The maximum Gasteiger partial charge on any atom is 0.349 e. The SMILES string of the molecule is COc1ccc(-c2nc(-c3ccc(OC(C)C(C)=O)cc3O)nc(-c3ccc(OC(C)C(=O)OCOC(=O)CC4CCCC(CC(=O)O)C4)cc3O)n2)cc1. The van der Waals surface area contributed by atoms with Gasteiger partial charge < -0.3 is 39.0 Å². The van der Waals surface area contributed by atoms with Crippen molar-refractivity contribution in [3.63, 3.8) is 0 Å². The van der Waals surface area contributed by atoms with E-state index in [1.54, 1.807) is 50.4 Å². The number of benzene rings is 3. The number of nitrogens with zero attached hydrogens (tertiary/aromatic N) is 3. The van der Waals surface area contributed by atoms with Crippen LogP contribution in [0, 0.1) is 11.8 Å². The van der Waals surface area contributed by atoms with Crippen LogP contribution in [0.2, 0.25) is 0 Å². The summed E-state index contributed by atoms with van der Waals surface area (Å²) in [7, 11) is 1.54. The lowest BCUT2D eigenvalue weighted by Gasteiger charge is -2.27. The van der Waals surface area contributed by atoms with Crippen molar-refractivity contribution in [3.8, 4) is 62.9 Å². The largest absolute Gasteiger partial charge is 0.507 e. The van der Waals surface area contributed by atoms with E-state index >= 15 is 0 Å². The smallest absolute Gasteiger partial charge is 0.349 e. The number of hydrogen-bond acceptors (Lipinski definition) is 14. The lowest BCUT2D eigenvalue weighted by molar-refractivity contribution is -0.172. The number of phenolic OH excluding ortho intramolecular Hbond substituents is 2. The standard InChI is InChI=1S/C40H43N3O12/c1-22(44)23(2)54-29-12-14-31(33(45)19-29)38-41-37(27-8-10-28(51-4)11-9-27)42-39(43-38)32-15-13-30(20-34(32)46)55-24(3)40(50)53-21-52-36(49)18-26-7-5-6-25(16-26)17-35(47)48/h8-15,19-20,23-26,45-46H,5-7,16-18,21H2,1-4H3,(H,47,48). The summed E-state index contributed by atoms with van der Waals surface area (Å²) in [4.78, 5) is 61.4. The van der Waals surface area contributed by atoms with E-state index in [0.717, 1.165) is 19.3 Å². The van der Waals surface area contributed by atoms with Crippen molar-refractivity contribution < 1.29 is 58.2 Å². The topological polar surface area (TPSA) is 214 Å². The molecule has 3 aromatic carbocycles. The number of ether oxygens (including phenoxy) is 5. The molecule has 1 aliphatic rings. The second-order valence-electron chi connectivity index (χ2n) is 13.3. The molecule has 55 heavy (non-hydrogen) atoms. The average molecular weight is 758 g/mol. The van der Waals surface area contributed by atoms with Crippen LogP contribution in [-0.2, 0) is 28.7 Å². The number of methoxy groups -OCH3 is 1. The van der Waals surface area contributed by atoms with Gasteiger partial charge in [-0.25, -0.2) is 19.7 Å². The van der Waals surface area contributed by atoms with Gasteiger partial charge in [-0.3, -0.25) is 14.4 Å². The molecule has 4 aromatic rings. The fourth-order valence-electron chi connectivity index (χ4n) is 6.16. The van der Waals surface area contributed by atoms with E-state index in [1.165, 1.54) is 38.1 Å². The minimum Gasteiger partial charge on any atom is -0.507 e. The number of aliphatic carboxylic acids is 1. The summed E-state index contributed by atoms with van der Waals surface area (Å²) >= 11 is 0. The number of carbonyl (C=O) groups is 4. The van der Waals surface area contributed by atoms with Gasteiger partial charge in [0.1, 0.15) is 28.7 Å². The summed E-state index contributed by atoms with van der Waals surface area (Å²) < 4.78 is 26.7. The molecule has 4 unspecified atom stereocenters. The van der Waals surface area contributed by atoms with Gasteiger partial charge in [0, 0.05) is 30.5 Å². The molecule has 1 heterocycles. The van der Waals surface area contributed by atoms with E-state index in [0.29, 0.717) is 17.7 Å². The highest BCUT2D eigenvalue weighted by molar-refractivity contribution is 5.80. The lowest BCUT2D eigenvalue weighted by Crippen LogP contribution is -2.28. The third-order valence-corrected chi connectivity index (χ3v) is 9.17. The molecular weight excluding hydrogens is 714 g/mol. The number of ketones is 1. The number of rotatable bonds is 16. The zero-order valence-electron chi connectivity index (χ0n) is 30.9. The first-order valence-electron chi connectivity index (χ1n) is 17.7. The third kappa shape index (κ3) is 10.9. The number of Topliss-reactive ketones (excluding diaryl/α,β-unsaturated/α-hetero) is 1. The van der Waals surface area contributed by atoms with Crippen LogP contribution in [0.1, 0.15) is 59.3 Å². The van der Waals surface area contributed by atoms with Crippen molar-refractivity contribution in [2.45, 2.75) is 71.5 Å². The summed E-state index contributed by atoms with van der Waals surface area (Å²) in [6, 6.07) is 15.7. The number of esters is 2. The monoisotopic (exact) mass is 757 g/mol. The first-order chi connectivity index (χ1) is 26.3. The van der Waals surface area contributed by atoms with Gasteiger partial charge in [0.25, 0.3) is 0 Å². The van der Waals surface area contributed by atoms with Gasteiger partial charge in [0.2, 0.25) is 6.79 Å². The van der Waals surface area contributed by atoms with Gasteiger partial charge in [-0.2, -0.15) is 0 Å². The van der Waals surface area contributed by atoms with Crippen molar-refractivity contribution in [2.24, 2.45) is 11.8 Å². The molecule has 15 heteroatoms. The van der Waals surface area contributed by atoms with E-state index in [-0.39, 0.29) is 82.1 Å². The van der Waals surface area contributed by atoms with Crippen molar-refractivity contribution in [1.29, 1.82) is 0 Å². The number of carboxylic acids is 1. The van der Waals surface area contributed by atoms with E-state index in [9.17, 15) is 29.4 Å². The van der Waals surface area contributed by atoms with E-state index < -0.39 is 36.9 Å². The average Bonchev–Trinajstić information content (AvgIpc) is 3.14. The normalized spacial score (nSPS) is 16.3. The molecule has 0 bridgehead atoms. The zero-order valence-corrected chi connectivity index (χ0v) is 30.9. The summed E-state index contributed by atoms with van der Waals surface area (Å²) in [5.41, 5.74) is 1.02. The third-order valence-electron chi connectivity index (χ3n) is 9.17. The first-order valence-corrected chi connectivity index (χ1v) is 17.7. The van der Waals surface area contributed by atoms with Crippen LogP contribution in [0.5, 0.6) is 28.7 Å². The fourth-order valence-corrected chi connectivity index (χ4v) is 6.16. The molecule has 1 aliphatic carbocycles. The Morgan fingerprint density at radius 3 is 1.78 bits per heavy atom. The van der Waals surface area contributed by atoms with Crippen LogP contribution < -0.4 is 14.2 Å². The Kier molecular flexibility index (Phi) is 13.2. The molecule has 15 nitrogen and oxygen atoms in total. The molecule has 3 N–H and O–H groups in total. The van der Waals surface area contributed by atoms with E-state index in [2.05, 4.69) is 15.0 Å². The molecular formula is C40H43N3O12. The summed E-state index contributed by atoms with van der Waals surface area (Å²) in [6.07, 6.45) is 1.42. The highest BCUT2D eigenvalue weighted by Crippen LogP contribution is 2.37. The van der Waals surface area contributed by atoms with Gasteiger partial charge in [-0.1, -0.05) is 6.42 Å². The summed E-state index contributed by atoms with van der Waals surface area (Å²) in [5.74, 6) is -1.48. The zero-order chi connectivity index (χ0) is 39.6. The van der Waals surface area contributed by atoms with Crippen LogP contribution in [0.25, 0.3) is 34.2 Å². The maximum absolute atomic E-state index is 12.6. The second-order valence-corrected chi connectivity index (χ2v) is 13.3. The van der Waals surface area contributed by atoms with Crippen LogP contribution in [0.15, 0.2) is 60.7 Å². The van der Waals surface area contributed by atoms with Gasteiger partial charge in [-0.05, 0) is 100 Å². The van der Waals surface area contributed by atoms with Crippen LogP contribution in [0.3, 0.4) is 0 Å². The molecule has 4 atom stereocenters. The number of phenols is 2. The quantitative estimate of drug-likeness (QED) is 0.0866. The number of carboxylic acid groups (broad SMARTS) is 1. The minimum atomic E-state index is -1.14. The Bertz CT molecular complexity index is 2020. The fraction of sp³-hybridized carbons (Fsp3) is 0.375. The summed E-state index contributed by atoms with van der Waals surface area (Å²) in [5, 5.41) is 31.1. The van der Waals surface area contributed by atoms with Gasteiger partial charge in [0.15, 0.2) is 35.5 Å². The number of carbonyl (C=O) groups excluding carboxylic acids is 3. The highest BCUT2D eigenvalue weighted by Gasteiger charge is 2.27. The van der Waals surface area contributed by atoms with Crippen molar-refractivity contribution in [1.82, 2.24) is 15.0 Å². The van der Waals surface area contributed by atoms with Crippen LogP contribution in [0.4, 0.5) is 0 Å². The Labute approximate surface area is 317 Å². The Balaban J connectivity index is 1.27. The predicted molar refractivity (Wildman–Crippen MR) is 196 cm³/mol. The molecule has 0 radical (unpaired) electrons. The highest BCUT2D eigenvalue weighted by atomic mass is 16.7. The maximum atomic E-state index is 12.6. The molecule has 1 saturated carbocycles. The molecule has 0 amide bonds. The van der Waals surface area contributed by atoms with Gasteiger partial charge in [0.05, 0.1) is 18.2 Å². The molecule has 1 fully saturated rings. The molecule has 5 rings (SSSR count). The molecule has 0 saturated heterocycles. The van der Waals surface area contributed by atoms with E-state index in [1.807, 2.05) is 0 Å². The Hall–Kier alpha value is -6.25. The summed E-state index contributed by atoms with van der Waals surface area (Å²) in [6.45, 7) is 3.83. The van der Waals surface area contributed by atoms with Gasteiger partial charge >= 0.3 is 17.9 Å². The van der Waals surface area contributed by atoms with Crippen LogP contribution in [-0.4, -0.2) is 80.1 Å². The van der Waals surface area contributed by atoms with Crippen molar-refractivity contribution >= 4 is 23.7 Å². The minimum absolute atomic E-state index is 0.0135. The Morgan fingerprint density at radius 1 is 0.727 bits per heavy atom. The van der Waals surface area contributed by atoms with Crippen molar-refractivity contribution in [2.75, 3.05) is 13.9 Å². The number of hydrogen-bond donors (Lipinski definition) is 3. The first kappa shape index (κ1) is 39.9. The van der Waals surface area contributed by atoms with Crippen molar-refractivity contribution in [3.05, 3.63) is 60.7 Å². The van der Waals surface area contributed by atoms with E-state index in [4.69, 9.17) is 28.8 Å². The lowest BCUT2D eigenvalue weighted by atomic mass is 9.78. The number of aromatic nitrogens is 3. The Morgan fingerprint density at radius 2 is 1.25 bits per heavy atom. The molecule has 1 aromatic heterocycles. The predicted octanol–water partition coefficient (Wildman–Crippen LogP) is 6.13. The van der Waals surface area contributed by atoms with Crippen LogP contribution >= 0.6 is 0 Å².